The van der Waals surface area contributed by atoms with Crippen molar-refractivity contribution in [3.8, 4) is 5.75 Å². The lowest BCUT2D eigenvalue weighted by Gasteiger charge is -2.07. The van der Waals surface area contributed by atoms with Gasteiger partial charge in [-0.3, -0.25) is 9.59 Å². The normalized spacial score (nSPS) is 11.0. The van der Waals surface area contributed by atoms with Gasteiger partial charge in [0.05, 0.1) is 12.7 Å². The third-order valence-electron chi connectivity index (χ3n) is 3.36. The van der Waals surface area contributed by atoms with Crippen LogP contribution in [-0.4, -0.2) is 18.8 Å². The number of aryl methyl sites for hydroxylation is 1. The van der Waals surface area contributed by atoms with E-state index in [1.165, 1.54) is 6.92 Å². The highest BCUT2D eigenvalue weighted by molar-refractivity contribution is 6.25. The SMILES string of the molecule is COc1ccc(C=C(C(C)=O)C(=O)Nc2ccc(C)cc2)cc1. The van der Waals surface area contributed by atoms with Crippen molar-refractivity contribution in [2.45, 2.75) is 13.8 Å². The molecule has 2 aromatic carbocycles. The first-order valence-electron chi connectivity index (χ1n) is 7.24. The highest BCUT2D eigenvalue weighted by atomic mass is 16.5. The predicted molar refractivity (Wildman–Crippen MR) is 91.5 cm³/mol. The van der Waals surface area contributed by atoms with Crippen molar-refractivity contribution in [3.05, 3.63) is 65.2 Å². The van der Waals surface area contributed by atoms with Gasteiger partial charge in [0, 0.05) is 5.69 Å². The Bertz CT molecular complexity index is 728. The minimum atomic E-state index is -0.419. The number of nitrogens with one attached hydrogen (secondary N) is 1. The summed E-state index contributed by atoms with van der Waals surface area (Å²) >= 11 is 0. The quantitative estimate of drug-likeness (QED) is 0.521. The van der Waals surface area contributed by atoms with Crippen molar-refractivity contribution in [1.82, 2.24) is 0 Å². The molecule has 0 aliphatic heterocycles. The molecule has 2 rings (SSSR count). The van der Waals surface area contributed by atoms with Gasteiger partial charge in [-0.05, 0) is 49.8 Å². The first-order valence-corrected chi connectivity index (χ1v) is 7.24. The van der Waals surface area contributed by atoms with Gasteiger partial charge in [-0.15, -0.1) is 0 Å². The number of methoxy groups -OCH3 is 1. The van der Waals surface area contributed by atoms with E-state index in [-0.39, 0.29) is 11.4 Å². The van der Waals surface area contributed by atoms with Crippen molar-refractivity contribution in [2.75, 3.05) is 12.4 Å². The molecule has 0 heterocycles. The molecule has 4 nitrogen and oxygen atoms in total. The summed E-state index contributed by atoms with van der Waals surface area (Å²) in [5.41, 5.74) is 2.62. The van der Waals surface area contributed by atoms with Crippen LogP contribution in [0, 0.1) is 6.92 Å². The molecule has 2 aromatic rings. The zero-order valence-electron chi connectivity index (χ0n) is 13.4. The van der Waals surface area contributed by atoms with E-state index in [2.05, 4.69) is 5.32 Å². The summed E-state index contributed by atoms with van der Waals surface area (Å²) in [5, 5.41) is 2.74. The van der Waals surface area contributed by atoms with E-state index in [9.17, 15) is 9.59 Å². The number of ketones is 1. The van der Waals surface area contributed by atoms with E-state index in [1.807, 2.05) is 19.1 Å². The molecule has 0 bridgehead atoms. The molecule has 118 valence electrons. The van der Waals surface area contributed by atoms with Crippen LogP contribution in [0.1, 0.15) is 18.1 Å². The molecule has 0 aliphatic carbocycles. The Kier molecular flexibility index (Phi) is 5.31. The number of anilines is 1. The molecule has 1 amide bonds. The van der Waals surface area contributed by atoms with Gasteiger partial charge >= 0.3 is 0 Å². The van der Waals surface area contributed by atoms with Crippen LogP contribution in [0.15, 0.2) is 54.1 Å². The smallest absolute Gasteiger partial charge is 0.259 e. The van der Waals surface area contributed by atoms with E-state index in [4.69, 9.17) is 4.74 Å². The highest BCUT2D eigenvalue weighted by Crippen LogP contribution is 2.16. The van der Waals surface area contributed by atoms with Crippen LogP contribution >= 0.6 is 0 Å². The molecule has 0 unspecified atom stereocenters. The lowest BCUT2D eigenvalue weighted by atomic mass is 10.1. The average Bonchev–Trinajstić information content (AvgIpc) is 2.55. The molecule has 0 aliphatic rings. The van der Waals surface area contributed by atoms with Crippen LogP contribution in [0.25, 0.3) is 6.08 Å². The van der Waals surface area contributed by atoms with Gasteiger partial charge in [0.2, 0.25) is 0 Å². The fraction of sp³-hybridized carbons (Fsp3) is 0.158. The Morgan fingerprint density at radius 1 is 1.00 bits per heavy atom. The van der Waals surface area contributed by atoms with Gasteiger partial charge in [-0.2, -0.15) is 0 Å². The van der Waals surface area contributed by atoms with Crippen LogP contribution in [-0.2, 0) is 9.59 Å². The summed E-state index contributed by atoms with van der Waals surface area (Å²) in [6.07, 6.45) is 1.57. The van der Waals surface area contributed by atoms with Crippen molar-refractivity contribution < 1.29 is 14.3 Å². The fourth-order valence-electron chi connectivity index (χ4n) is 2.03. The molecule has 0 saturated heterocycles. The van der Waals surface area contributed by atoms with Crippen LogP contribution < -0.4 is 10.1 Å². The number of benzene rings is 2. The number of amides is 1. The monoisotopic (exact) mass is 309 g/mol. The maximum atomic E-state index is 12.3. The number of rotatable bonds is 5. The molecule has 0 saturated carbocycles. The van der Waals surface area contributed by atoms with Gasteiger partial charge in [-0.1, -0.05) is 29.8 Å². The summed E-state index contributed by atoms with van der Waals surface area (Å²) in [6, 6.07) is 14.5. The highest BCUT2D eigenvalue weighted by Gasteiger charge is 2.14. The summed E-state index contributed by atoms with van der Waals surface area (Å²) < 4.78 is 5.09. The Balaban J connectivity index is 2.22. The summed E-state index contributed by atoms with van der Waals surface area (Å²) in [6.45, 7) is 3.35. The van der Waals surface area contributed by atoms with E-state index < -0.39 is 5.91 Å². The maximum Gasteiger partial charge on any atom is 0.259 e. The van der Waals surface area contributed by atoms with E-state index in [1.54, 1.807) is 49.6 Å². The molecule has 0 radical (unpaired) electrons. The number of ether oxygens (including phenoxy) is 1. The summed E-state index contributed by atoms with van der Waals surface area (Å²) in [7, 11) is 1.58. The second kappa shape index (κ2) is 7.40. The van der Waals surface area contributed by atoms with Crippen molar-refractivity contribution in [3.63, 3.8) is 0 Å². The van der Waals surface area contributed by atoms with Crippen molar-refractivity contribution in [2.24, 2.45) is 0 Å². The Hall–Kier alpha value is -2.88. The number of carbonyl (C=O) groups is 2. The molecule has 0 atom stereocenters. The zero-order valence-corrected chi connectivity index (χ0v) is 13.4. The largest absolute Gasteiger partial charge is 0.497 e. The zero-order chi connectivity index (χ0) is 16.8. The number of hydrogen-bond acceptors (Lipinski definition) is 3. The molecule has 23 heavy (non-hydrogen) atoms. The molecular formula is C19H19NO3. The maximum absolute atomic E-state index is 12.3. The van der Waals surface area contributed by atoms with Gasteiger partial charge in [-0.25, -0.2) is 0 Å². The van der Waals surface area contributed by atoms with Crippen LogP contribution in [0.5, 0.6) is 5.75 Å². The first-order chi connectivity index (χ1) is 11.0. The standard InChI is InChI=1S/C19H19NO3/c1-13-4-8-16(9-5-13)20-19(22)18(14(2)21)12-15-6-10-17(23-3)11-7-15/h4-12H,1-3H3,(H,20,22). The van der Waals surface area contributed by atoms with Crippen LogP contribution in [0.4, 0.5) is 5.69 Å². The predicted octanol–water partition coefficient (Wildman–Crippen LogP) is 3.61. The molecule has 0 fully saturated rings. The molecular weight excluding hydrogens is 290 g/mol. The first kappa shape index (κ1) is 16.5. The van der Waals surface area contributed by atoms with Gasteiger partial charge < -0.3 is 10.1 Å². The van der Waals surface area contributed by atoms with Gasteiger partial charge in [0.15, 0.2) is 5.78 Å². The summed E-state index contributed by atoms with van der Waals surface area (Å²) in [5.74, 6) is 0.0123. The topological polar surface area (TPSA) is 55.4 Å². The lowest BCUT2D eigenvalue weighted by molar-refractivity contribution is -0.118. The van der Waals surface area contributed by atoms with Crippen molar-refractivity contribution >= 4 is 23.5 Å². The van der Waals surface area contributed by atoms with Gasteiger partial charge in [0.25, 0.3) is 5.91 Å². The molecule has 4 heteroatoms. The number of carbonyl (C=O) groups excluding carboxylic acids is 2. The van der Waals surface area contributed by atoms with Crippen molar-refractivity contribution in [1.29, 1.82) is 0 Å². The molecule has 0 aromatic heterocycles. The molecule has 0 spiro atoms. The third kappa shape index (κ3) is 4.54. The third-order valence-corrected chi connectivity index (χ3v) is 3.36. The summed E-state index contributed by atoms with van der Waals surface area (Å²) in [4.78, 5) is 24.1. The minimum absolute atomic E-state index is 0.107. The number of Topliss-reactive ketones (excluding diaryl/α,β-unsaturated/α-hetero) is 1. The Morgan fingerprint density at radius 3 is 2.13 bits per heavy atom. The van der Waals surface area contributed by atoms with Crippen LogP contribution in [0.2, 0.25) is 0 Å². The van der Waals surface area contributed by atoms with Crippen LogP contribution in [0.3, 0.4) is 0 Å². The second-order valence-corrected chi connectivity index (χ2v) is 5.21. The average molecular weight is 309 g/mol. The fourth-order valence-corrected chi connectivity index (χ4v) is 2.03. The minimum Gasteiger partial charge on any atom is -0.497 e. The van der Waals surface area contributed by atoms with Gasteiger partial charge in [0.1, 0.15) is 5.75 Å². The Labute approximate surface area is 135 Å². The lowest BCUT2D eigenvalue weighted by Crippen LogP contribution is -2.18. The van der Waals surface area contributed by atoms with E-state index in [0.29, 0.717) is 5.69 Å². The van der Waals surface area contributed by atoms with E-state index in [0.717, 1.165) is 16.9 Å². The molecule has 1 N–H and O–H groups in total. The van der Waals surface area contributed by atoms with E-state index >= 15 is 0 Å². The second-order valence-electron chi connectivity index (χ2n) is 5.21. The Morgan fingerprint density at radius 2 is 1.61 bits per heavy atom. The number of hydrogen-bond donors (Lipinski definition) is 1.